The Morgan fingerprint density at radius 3 is 2.06 bits per heavy atom. The van der Waals surface area contributed by atoms with E-state index in [9.17, 15) is 22.8 Å². The molecule has 1 aromatic carbocycles. The van der Waals surface area contributed by atoms with Gasteiger partial charge in [0.25, 0.3) is 5.91 Å². The largest absolute Gasteiger partial charge is 0.444 e. The second-order valence-electron chi connectivity index (χ2n) is 12.0. The predicted molar refractivity (Wildman–Crippen MR) is 193 cm³/mol. The van der Waals surface area contributed by atoms with Crippen LogP contribution in [0.3, 0.4) is 0 Å². The number of benzene rings is 1. The first-order valence-electron chi connectivity index (χ1n) is 17.1. The van der Waals surface area contributed by atoms with E-state index < -0.39 is 12.3 Å². The lowest BCUT2D eigenvalue weighted by atomic mass is 10.0. The quantitative estimate of drug-likeness (QED) is 0.244. The van der Waals surface area contributed by atoms with Crippen molar-refractivity contribution < 1.29 is 32.2 Å². The third kappa shape index (κ3) is 13.7. The molecule has 0 bridgehead atoms. The van der Waals surface area contributed by atoms with Crippen LogP contribution in [0.5, 0.6) is 0 Å². The van der Waals surface area contributed by atoms with Gasteiger partial charge in [0.2, 0.25) is 0 Å². The monoisotopic (exact) mass is 707 g/mol. The fraction of sp³-hybridized carbons (Fsp3) is 0.583. The summed E-state index contributed by atoms with van der Waals surface area (Å²) in [5, 5.41) is 5.56. The van der Waals surface area contributed by atoms with Gasteiger partial charge in [-0.25, -0.2) is 19.7 Å². The van der Waals surface area contributed by atoms with Gasteiger partial charge in [0.1, 0.15) is 23.0 Å². The number of amides is 2. The molecule has 1 fully saturated rings. The maximum absolute atomic E-state index is 12.9. The van der Waals surface area contributed by atoms with Crippen molar-refractivity contribution >= 4 is 28.9 Å². The minimum atomic E-state index is -4.42. The van der Waals surface area contributed by atoms with Crippen LogP contribution in [0.1, 0.15) is 83.7 Å². The Balaban J connectivity index is 0.000000613. The summed E-state index contributed by atoms with van der Waals surface area (Å²) in [6.45, 7) is 15.4. The SMILES string of the molecule is CC.CC.CC(C)(C)OC(=O)N1CCCCC1.CNC(=O)c1cc(-c2ccc(CN(C)CC(OC)C(F)(F)F)cc2)nc2c(NC)ncnc12. The van der Waals surface area contributed by atoms with E-state index in [-0.39, 0.29) is 24.1 Å². The summed E-state index contributed by atoms with van der Waals surface area (Å²) in [5.74, 6) is 0.183. The summed E-state index contributed by atoms with van der Waals surface area (Å²) in [5.41, 5.74) is 2.98. The minimum absolute atomic E-state index is 0.160. The molecule has 1 aliphatic heterocycles. The zero-order chi connectivity index (χ0) is 38.1. The highest BCUT2D eigenvalue weighted by Gasteiger charge is 2.40. The van der Waals surface area contributed by atoms with Crippen molar-refractivity contribution in [2.75, 3.05) is 53.2 Å². The summed E-state index contributed by atoms with van der Waals surface area (Å²) >= 11 is 0. The van der Waals surface area contributed by atoms with Crippen LogP contribution in [0.15, 0.2) is 36.7 Å². The molecule has 4 rings (SSSR count). The number of anilines is 1. The first-order valence-corrected chi connectivity index (χ1v) is 17.1. The lowest BCUT2D eigenvalue weighted by Gasteiger charge is -2.29. The summed E-state index contributed by atoms with van der Waals surface area (Å²) in [4.78, 5) is 40.3. The second-order valence-corrected chi connectivity index (χ2v) is 12.0. The van der Waals surface area contributed by atoms with Crippen LogP contribution in [-0.2, 0) is 16.0 Å². The van der Waals surface area contributed by atoms with E-state index in [1.807, 2.05) is 72.7 Å². The number of nitrogens with zero attached hydrogens (tertiary/aromatic N) is 5. The zero-order valence-electron chi connectivity index (χ0n) is 31.5. The maximum atomic E-state index is 12.9. The fourth-order valence-corrected chi connectivity index (χ4v) is 4.83. The number of piperidine rings is 1. The average Bonchev–Trinajstić information content (AvgIpc) is 3.11. The van der Waals surface area contributed by atoms with E-state index in [4.69, 9.17) is 4.74 Å². The Hall–Kier alpha value is -4.04. The van der Waals surface area contributed by atoms with Crippen LogP contribution in [0.25, 0.3) is 22.3 Å². The van der Waals surface area contributed by atoms with E-state index in [1.54, 1.807) is 30.0 Å². The molecule has 280 valence electrons. The van der Waals surface area contributed by atoms with Crippen LogP contribution in [-0.4, -0.2) is 103 Å². The number of likely N-dealkylation sites (tertiary alicyclic amines) is 1. The number of rotatable bonds is 8. The van der Waals surface area contributed by atoms with E-state index in [0.29, 0.717) is 34.7 Å². The van der Waals surface area contributed by atoms with Gasteiger partial charge in [-0.1, -0.05) is 52.0 Å². The normalized spacial score (nSPS) is 13.5. The van der Waals surface area contributed by atoms with E-state index in [2.05, 4.69) is 30.3 Å². The first kappa shape index (κ1) is 44.0. The molecule has 1 aliphatic rings. The third-order valence-corrected chi connectivity index (χ3v) is 7.14. The van der Waals surface area contributed by atoms with Crippen molar-refractivity contribution in [2.45, 2.75) is 92.2 Å². The molecular weight excluding hydrogens is 651 g/mol. The number of alkyl halides is 3. The van der Waals surface area contributed by atoms with Crippen LogP contribution >= 0.6 is 0 Å². The zero-order valence-corrected chi connectivity index (χ0v) is 31.5. The number of halogens is 3. The van der Waals surface area contributed by atoms with Gasteiger partial charge in [-0.05, 0) is 58.7 Å². The van der Waals surface area contributed by atoms with Crippen molar-refractivity contribution in [3.63, 3.8) is 0 Å². The maximum Gasteiger partial charge on any atom is 0.415 e. The van der Waals surface area contributed by atoms with Gasteiger partial charge < -0.3 is 25.0 Å². The third-order valence-electron chi connectivity index (χ3n) is 7.14. The molecule has 2 amide bonds. The number of carbonyl (C=O) groups excluding carboxylic acids is 2. The van der Waals surface area contributed by atoms with Gasteiger partial charge in [0.15, 0.2) is 11.9 Å². The number of carbonyl (C=O) groups is 2. The summed E-state index contributed by atoms with van der Waals surface area (Å²) in [7, 11) is 5.89. The second kappa shape index (κ2) is 21.2. The van der Waals surface area contributed by atoms with Gasteiger partial charge in [0, 0.05) is 52.9 Å². The predicted octanol–water partition coefficient (Wildman–Crippen LogP) is 7.56. The molecule has 0 radical (unpaired) electrons. The van der Waals surface area contributed by atoms with Crippen LogP contribution in [0.2, 0.25) is 0 Å². The van der Waals surface area contributed by atoms with Crippen molar-refractivity contribution in [3.05, 3.63) is 47.8 Å². The number of hydrogen-bond donors (Lipinski definition) is 2. The summed E-state index contributed by atoms with van der Waals surface area (Å²) in [6.07, 6.45) is -1.62. The molecule has 50 heavy (non-hydrogen) atoms. The molecule has 0 spiro atoms. The highest BCUT2D eigenvalue weighted by molar-refractivity contribution is 6.07. The number of methoxy groups -OCH3 is 1. The first-order chi connectivity index (χ1) is 23.7. The number of fused-ring (bicyclic) bond motifs is 1. The van der Waals surface area contributed by atoms with E-state index in [0.717, 1.165) is 44.2 Å². The Morgan fingerprint density at radius 1 is 0.960 bits per heavy atom. The van der Waals surface area contributed by atoms with Crippen LogP contribution in [0, 0.1) is 0 Å². The number of likely N-dealkylation sites (N-methyl/N-ethyl adjacent to an activating group) is 1. The van der Waals surface area contributed by atoms with Crippen molar-refractivity contribution in [3.8, 4) is 11.3 Å². The molecular formula is C36H56F3N7O4. The molecule has 1 atom stereocenters. The average molecular weight is 708 g/mol. The molecule has 2 aromatic heterocycles. The molecule has 0 saturated carbocycles. The lowest BCUT2D eigenvalue weighted by Crippen LogP contribution is -2.40. The highest BCUT2D eigenvalue weighted by atomic mass is 19.4. The standard InChI is InChI=1S/C22H25F3N6O2.C10H19NO2.2C2H6/c1-26-20-19-18(28-12-29-20)15(21(32)27-2)9-16(30-19)14-7-5-13(6-8-14)10-31(3)11-17(33-4)22(23,24)25;1-10(2,3)13-9(12)11-7-5-4-6-8-11;2*1-2/h5-9,12,17H,10-11H2,1-4H3,(H,27,32)(H,26,28,29);4-8H2,1-3H3;2*1-2H3. The Morgan fingerprint density at radius 2 is 1.56 bits per heavy atom. The topological polar surface area (TPSA) is 122 Å². The molecule has 2 N–H and O–H groups in total. The number of aromatic nitrogens is 3. The number of nitrogens with one attached hydrogen (secondary N) is 2. The van der Waals surface area contributed by atoms with Crippen molar-refractivity contribution in [1.29, 1.82) is 0 Å². The number of pyridine rings is 1. The minimum Gasteiger partial charge on any atom is -0.444 e. The van der Waals surface area contributed by atoms with E-state index in [1.165, 1.54) is 19.8 Å². The summed E-state index contributed by atoms with van der Waals surface area (Å²) in [6, 6.07) is 8.90. The molecule has 11 nitrogen and oxygen atoms in total. The van der Waals surface area contributed by atoms with Crippen LogP contribution in [0.4, 0.5) is 23.8 Å². The Bertz CT molecular complexity index is 1460. The van der Waals surface area contributed by atoms with Crippen molar-refractivity contribution in [2.24, 2.45) is 0 Å². The van der Waals surface area contributed by atoms with Crippen LogP contribution < -0.4 is 10.6 Å². The molecule has 3 aromatic rings. The molecule has 0 aliphatic carbocycles. The molecule has 1 unspecified atom stereocenters. The van der Waals surface area contributed by atoms with Gasteiger partial charge >= 0.3 is 12.3 Å². The lowest BCUT2D eigenvalue weighted by molar-refractivity contribution is -0.216. The molecule has 3 heterocycles. The number of hydrogen-bond acceptors (Lipinski definition) is 9. The Labute approximate surface area is 295 Å². The summed E-state index contributed by atoms with van der Waals surface area (Å²) < 4.78 is 48.7. The fourth-order valence-electron chi connectivity index (χ4n) is 4.83. The van der Waals surface area contributed by atoms with Gasteiger partial charge in [-0.3, -0.25) is 9.69 Å². The highest BCUT2D eigenvalue weighted by Crippen LogP contribution is 2.28. The molecule has 1 saturated heterocycles. The smallest absolute Gasteiger partial charge is 0.415 e. The number of ether oxygens (including phenoxy) is 2. The van der Waals surface area contributed by atoms with Gasteiger partial charge in [-0.15, -0.1) is 0 Å². The van der Waals surface area contributed by atoms with Gasteiger partial charge in [0.05, 0.1) is 11.3 Å². The molecule has 14 heteroatoms. The van der Waals surface area contributed by atoms with Crippen molar-refractivity contribution in [1.82, 2.24) is 30.1 Å². The van der Waals surface area contributed by atoms with E-state index >= 15 is 0 Å². The Kier molecular flexibility index (Phi) is 18.7. The van der Waals surface area contributed by atoms with Gasteiger partial charge in [-0.2, -0.15) is 13.2 Å².